The number of H-pyrrole nitrogens is 1. The lowest BCUT2D eigenvalue weighted by molar-refractivity contribution is -0.142. The summed E-state index contributed by atoms with van der Waals surface area (Å²) in [6.07, 6.45) is 0.0412. The lowest BCUT2D eigenvalue weighted by Gasteiger charge is -2.12. The molecule has 0 bridgehead atoms. The van der Waals surface area contributed by atoms with Gasteiger partial charge in [0.1, 0.15) is 18.2 Å². The summed E-state index contributed by atoms with van der Waals surface area (Å²) in [5.74, 6) is 0.527. The Bertz CT molecular complexity index is 1180. The van der Waals surface area contributed by atoms with Crippen LogP contribution in [0.15, 0.2) is 29.1 Å². The van der Waals surface area contributed by atoms with Crippen LogP contribution in [0.2, 0.25) is 0 Å². The van der Waals surface area contributed by atoms with Crippen molar-refractivity contribution in [1.82, 2.24) is 19.5 Å². The van der Waals surface area contributed by atoms with Gasteiger partial charge in [-0.2, -0.15) is 4.98 Å². The van der Waals surface area contributed by atoms with Crippen molar-refractivity contribution >= 4 is 29.0 Å². The zero-order valence-electron chi connectivity index (χ0n) is 19.0. The van der Waals surface area contributed by atoms with Crippen LogP contribution in [0.5, 0.6) is 5.75 Å². The second-order valence-corrected chi connectivity index (χ2v) is 7.50. The number of aromatic amines is 1. The summed E-state index contributed by atoms with van der Waals surface area (Å²) in [6, 6.07) is 7.35. The summed E-state index contributed by atoms with van der Waals surface area (Å²) in [7, 11) is 0. The van der Waals surface area contributed by atoms with E-state index in [9.17, 15) is 14.4 Å². The maximum atomic E-state index is 12.6. The smallest absolute Gasteiger partial charge is 0.302 e. The predicted octanol–water partition coefficient (Wildman–Crippen LogP) is 2.11. The maximum Gasteiger partial charge on any atom is 0.302 e. The molecular formula is C22H27N5O6. The van der Waals surface area contributed by atoms with Crippen molar-refractivity contribution in [3.05, 3.63) is 34.6 Å². The van der Waals surface area contributed by atoms with E-state index in [-0.39, 0.29) is 49.3 Å². The molecule has 176 valence electrons. The van der Waals surface area contributed by atoms with E-state index in [4.69, 9.17) is 14.2 Å². The molecule has 11 heteroatoms. The number of carbonyl (C=O) groups excluding carboxylic acids is 2. The van der Waals surface area contributed by atoms with Gasteiger partial charge in [-0.05, 0) is 38.1 Å². The van der Waals surface area contributed by atoms with Crippen LogP contribution in [-0.4, -0.2) is 57.3 Å². The number of nitrogens with one attached hydrogen (secondary N) is 2. The molecule has 2 heterocycles. The Kier molecular flexibility index (Phi) is 7.78. The van der Waals surface area contributed by atoms with Crippen LogP contribution in [0.25, 0.3) is 22.6 Å². The van der Waals surface area contributed by atoms with E-state index in [2.05, 4.69) is 20.3 Å². The number of imidazole rings is 1. The molecule has 1 amide bonds. The van der Waals surface area contributed by atoms with Crippen molar-refractivity contribution < 1.29 is 23.8 Å². The van der Waals surface area contributed by atoms with Gasteiger partial charge in [-0.25, -0.2) is 4.98 Å². The molecule has 2 N–H and O–H groups in total. The summed E-state index contributed by atoms with van der Waals surface area (Å²) in [5, 5.41) is 2.49. The third-order valence-electron chi connectivity index (χ3n) is 4.38. The fourth-order valence-corrected chi connectivity index (χ4v) is 3.13. The number of hydrogen-bond donors (Lipinski definition) is 2. The van der Waals surface area contributed by atoms with E-state index in [1.807, 2.05) is 38.1 Å². The number of hydrogen-bond acceptors (Lipinski definition) is 8. The fourth-order valence-electron chi connectivity index (χ4n) is 3.13. The first-order chi connectivity index (χ1) is 15.7. The maximum absolute atomic E-state index is 12.6. The first kappa shape index (κ1) is 23.9. The van der Waals surface area contributed by atoms with Crippen molar-refractivity contribution in [2.24, 2.45) is 0 Å². The van der Waals surface area contributed by atoms with Gasteiger partial charge in [0.15, 0.2) is 11.2 Å². The van der Waals surface area contributed by atoms with E-state index in [0.717, 1.165) is 5.56 Å². The number of rotatable bonds is 10. The molecule has 0 aliphatic carbocycles. The summed E-state index contributed by atoms with van der Waals surface area (Å²) in [5.41, 5.74) is 0.730. The number of fused-ring (bicyclic) bond motifs is 1. The molecule has 11 nitrogen and oxygen atoms in total. The topological polar surface area (TPSA) is 137 Å². The van der Waals surface area contributed by atoms with E-state index in [0.29, 0.717) is 23.8 Å². The Morgan fingerprint density at radius 1 is 1.09 bits per heavy atom. The molecule has 0 saturated heterocycles. The molecule has 2 aromatic heterocycles. The van der Waals surface area contributed by atoms with E-state index >= 15 is 0 Å². The van der Waals surface area contributed by atoms with Gasteiger partial charge in [0.25, 0.3) is 5.56 Å². The number of amides is 1. The summed E-state index contributed by atoms with van der Waals surface area (Å²) in [6.45, 7) is 7.51. The average Bonchev–Trinajstić information content (AvgIpc) is 3.09. The summed E-state index contributed by atoms with van der Waals surface area (Å²) >= 11 is 0. The van der Waals surface area contributed by atoms with Crippen molar-refractivity contribution in [1.29, 1.82) is 0 Å². The van der Waals surface area contributed by atoms with Crippen LogP contribution in [0.3, 0.4) is 0 Å². The Hall–Kier alpha value is -3.73. The number of ether oxygens (including phenoxy) is 3. The Morgan fingerprint density at radius 3 is 2.45 bits per heavy atom. The Balaban J connectivity index is 1.94. The molecule has 0 aliphatic heterocycles. The first-order valence-corrected chi connectivity index (χ1v) is 10.5. The normalized spacial score (nSPS) is 11.1. The van der Waals surface area contributed by atoms with Crippen LogP contribution in [0, 0.1) is 0 Å². The molecule has 0 atom stereocenters. The highest BCUT2D eigenvalue weighted by Gasteiger charge is 2.18. The minimum atomic E-state index is -0.473. The van der Waals surface area contributed by atoms with Crippen molar-refractivity contribution in [3.8, 4) is 17.1 Å². The third kappa shape index (κ3) is 6.39. The molecule has 0 aliphatic rings. The summed E-state index contributed by atoms with van der Waals surface area (Å²) < 4.78 is 17.9. The number of anilines is 1. The van der Waals surface area contributed by atoms with Gasteiger partial charge in [0, 0.05) is 26.0 Å². The SMILES string of the molecule is CC(=O)Nc1nc2c(nc(-c3ccc(OC(C)C)cc3)n2CCOCCOC(C)=O)c(=O)[nH]1. The van der Waals surface area contributed by atoms with E-state index in [1.165, 1.54) is 13.8 Å². The molecule has 0 fully saturated rings. The predicted molar refractivity (Wildman–Crippen MR) is 121 cm³/mol. The molecule has 1 aromatic carbocycles. The van der Waals surface area contributed by atoms with Gasteiger partial charge in [-0.1, -0.05) is 0 Å². The van der Waals surface area contributed by atoms with Crippen LogP contribution in [-0.2, 0) is 25.6 Å². The van der Waals surface area contributed by atoms with Gasteiger partial charge in [0.2, 0.25) is 11.9 Å². The number of aromatic nitrogens is 4. The van der Waals surface area contributed by atoms with Crippen LogP contribution < -0.4 is 15.6 Å². The van der Waals surface area contributed by atoms with Gasteiger partial charge in [0.05, 0.1) is 19.3 Å². The molecule has 0 saturated carbocycles. The Morgan fingerprint density at radius 2 is 1.82 bits per heavy atom. The van der Waals surface area contributed by atoms with Crippen LogP contribution >= 0.6 is 0 Å². The zero-order chi connectivity index (χ0) is 24.0. The van der Waals surface area contributed by atoms with E-state index < -0.39 is 5.56 Å². The first-order valence-electron chi connectivity index (χ1n) is 10.5. The monoisotopic (exact) mass is 457 g/mol. The van der Waals surface area contributed by atoms with Gasteiger partial charge in [-0.3, -0.25) is 24.7 Å². The standard InChI is InChI=1S/C22H27N5O6/c1-13(2)33-17-7-5-16(6-8-17)19-24-18-20(25-22(23-14(3)28)26-21(18)30)27(19)9-10-31-11-12-32-15(4)29/h5-8,13H,9-12H2,1-4H3,(H2,23,25,26,28,30). The average molecular weight is 457 g/mol. The highest BCUT2D eigenvalue weighted by atomic mass is 16.6. The van der Waals surface area contributed by atoms with Gasteiger partial charge < -0.3 is 18.8 Å². The van der Waals surface area contributed by atoms with Crippen molar-refractivity contribution in [2.75, 3.05) is 25.1 Å². The highest BCUT2D eigenvalue weighted by Crippen LogP contribution is 2.25. The number of benzene rings is 1. The Labute approximate surface area is 190 Å². The van der Waals surface area contributed by atoms with Crippen molar-refractivity contribution in [3.63, 3.8) is 0 Å². The van der Waals surface area contributed by atoms with Gasteiger partial charge in [-0.15, -0.1) is 0 Å². The fraction of sp³-hybridized carbons (Fsp3) is 0.409. The molecule has 0 spiro atoms. The zero-order valence-corrected chi connectivity index (χ0v) is 19.0. The lowest BCUT2D eigenvalue weighted by atomic mass is 10.2. The van der Waals surface area contributed by atoms with Crippen LogP contribution in [0.4, 0.5) is 5.95 Å². The molecule has 33 heavy (non-hydrogen) atoms. The quantitative estimate of drug-likeness (QED) is 0.349. The number of carbonyl (C=O) groups is 2. The van der Waals surface area contributed by atoms with E-state index in [1.54, 1.807) is 4.57 Å². The molecular weight excluding hydrogens is 430 g/mol. The summed E-state index contributed by atoms with van der Waals surface area (Å²) in [4.78, 5) is 46.3. The minimum absolute atomic E-state index is 0.0316. The van der Waals surface area contributed by atoms with Gasteiger partial charge >= 0.3 is 5.97 Å². The molecule has 3 aromatic rings. The minimum Gasteiger partial charge on any atom is -0.491 e. The number of esters is 1. The van der Waals surface area contributed by atoms with Crippen LogP contribution in [0.1, 0.15) is 27.7 Å². The highest BCUT2D eigenvalue weighted by molar-refractivity contribution is 5.88. The second kappa shape index (κ2) is 10.7. The lowest BCUT2D eigenvalue weighted by Crippen LogP contribution is -2.17. The number of nitrogens with zero attached hydrogens (tertiary/aromatic N) is 3. The second-order valence-electron chi connectivity index (χ2n) is 7.50. The third-order valence-corrected chi connectivity index (χ3v) is 4.38. The molecule has 0 unspecified atom stereocenters. The molecule has 3 rings (SSSR count). The largest absolute Gasteiger partial charge is 0.491 e. The molecule has 0 radical (unpaired) electrons. The van der Waals surface area contributed by atoms with Crippen molar-refractivity contribution in [2.45, 2.75) is 40.3 Å².